The summed E-state index contributed by atoms with van der Waals surface area (Å²) < 4.78 is 46.4. The third kappa shape index (κ3) is 4.89. The van der Waals surface area contributed by atoms with Crippen LogP contribution in [0.4, 0.5) is 13.2 Å². The maximum atomic E-state index is 13.0. The van der Waals surface area contributed by atoms with E-state index >= 15 is 0 Å². The lowest BCUT2D eigenvalue weighted by molar-refractivity contribution is -0.137. The molecule has 0 N–H and O–H groups in total. The van der Waals surface area contributed by atoms with Crippen LogP contribution in [0.3, 0.4) is 0 Å². The van der Waals surface area contributed by atoms with Crippen molar-refractivity contribution in [3.63, 3.8) is 0 Å². The van der Waals surface area contributed by atoms with E-state index in [-0.39, 0.29) is 5.92 Å². The molecule has 5 nitrogen and oxygen atoms in total. The molecule has 2 aromatic carbocycles. The molecule has 0 spiro atoms. The van der Waals surface area contributed by atoms with Crippen molar-refractivity contribution in [2.75, 3.05) is 7.11 Å². The fourth-order valence-corrected chi connectivity index (χ4v) is 4.59. The molecule has 0 aliphatic carbocycles. The van der Waals surface area contributed by atoms with E-state index in [9.17, 15) is 13.2 Å². The fourth-order valence-electron chi connectivity index (χ4n) is 4.59. The van der Waals surface area contributed by atoms with Crippen molar-refractivity contribution in [3.8, 4) is 16.9 Å². The van der Waals surface area contributed by atoms with Gasteiger partial charge in [0.05, 0.1) is 12.7 Å². The van der Waals surface area contributed by atoms with E-state index in [2.05, 4.69) is 10.1 Å². The van der Waals surface area contributed by atoms with Crippen molar-refractivity contribution in [1.82, 2.24) is 19.7 Å². The Bertz CT molecular complexity index is 1410. The summed E-state index contributed by atoms with van der Waals surface area (Å²) in [7, 11) is 1.65. The first-order chi connectivity index (χ1) is 17.3. The predicted molar refractivity (Wildman–Crippen MR) is 132 cm³/mol. The third-order valence-corrected chi connectivity index (χ3v) is 6.39. The van der Waals surface area contributed by atoms with Crippen molar-refractivity contribution in [2.45, 2.75) is 38.4 Å². The molecule has 0 saturated carbocycles. The van der Waals surface area contributed by atoms with Gasteiger partial charge in [0.1, 0.15) is 11.6 Å². The van der Waals surface area contributed by atoms with Crippen molar-refractivity contribution < 1.29 is 17.9 Å². The molecule has 4 aromatic rings. The molecular formula is C28H25F3N4O. The molecule has 2 aromatic heterocycles. The Kier molecular flexibility index (Phi) is 6.35. The standard InChI is InChI=1S/C28H25F3N4O/c1-18-16-21(13-14-32-18)23-11-5-19(17-25(23)36-2)6-12-26-33-27-24(4-3-15-35(27)34-26)20-7-9-22(10-8-20)28(29,30)31/h5-14,16-17,24H,3-4,15H2,1-2H3/b12-6+. The Morgan fingerprint density at radius 3 is 2.56 bits per heavy atom. The number of benzene rings is 2. The average Bonchev–Trinajstić information content (AvgIpc) is 3.30. The maximum Gasteiger partial charge on any atom is 0.416 e. The van der Waals surface area contributed by atoms with E-state index in [1.165, 1.54) is 0 Å². The number of halogens is 3. The Labute approximate surface area is 207 Å². The smallest absolute Gasteiger partial charge is 0.416 e. The van der Waals surface area contributed by atoms with Crippen LogP contribution in [-0.4, -0.2) is 26.9 Å². The molecule has 0 amide bonds. The number of ether oxygens (including phenoxy) is 1. The SMILES string of the molecule is COc1cc(/C=C/c2nc3n(n2)CCCC3c2ccc(C(F)(F)F)cc2)ccc1-c1ccnc(C)c1. The first kappa shape index (κ1) is 23.8. The summed E-state index contributed by atoms with van der Waals surface area (Å²) in [6, 6.07) is 15.3. The minimum Gasteiger partial charge on any atom is -0.496 e. The largest absolute Gasteiger partial charge is 0.496 e. The second kappa shape index (κ2) is 9.60. The van der Waals surface area contributed by atoms with E-state index in [4.69, 9.17) is 9.72 Å². The summed E-state index contributed by atoms with van der Waals surface area (Å²) in [5.41, 5.74) is 4.06. The number of hydrogen-bond donors (Lipinski definition) is 0. The summed E-state index contributed by atoms with van der Waals surface area (Å²) >= 11 is 0. The lowest BCUT2D eigenvalue weighted by Crippen LogP contribution is -2.18. The number of alkyl halides is 3. The Balaban J connectivity index is 1.38. The molecule has 3 heterocycles. The van der Waals surface area contributed by atoms with Gasteiger partial charge in [0, 0.05) is 29.9 Å². The summed E-state index contributed by atoms with van der Waals surface area (Å²) in [6.07, 6.45) is 2.92. The van der Waals surface area contributed by atoms with Crippen molar-refractivity contribution in [2.24, 2.45) is 0 Å². The van der Waals surface area contributed by atoms with Gasteiger partial charge in [-0.25, -0.2) is 9.67 Å². The quantitative estimate of drug-likeness (QED) is 0.310. The number of rotatable bonds is 5. The van der Waals surface area contributed by atoms with Gasteiger partial charge in [0.2, 0.25) is 0 Å². The normalized spacial score (nSPS) is 15.8. The lowest BCUT2D eigenvalue weighted by Gasteiger charge is -2.22. The van der Waals surface area contributed by atoms with Crippen molar-refractivity contribution >= 4 is 12.2 Å². The molecule has 1 aliphatic rings. The van der Waals surface area contributed by atoms with Crippen LogP contribution in [0.2, 0.25) is 0 Å². The topological polar surface area (TPSA) is 52.8 Å². The van der Waals surface area contributed by atoms with Gasteiger partial charge in [-0.15, -0.1) is 0 Å². The molecule has 8 heteroatoms. The van der Waals surface area contributed by atoms with Gasteiger partial charge in [-0.3, -0.25) is 4.98 Å². The van der Waals surface area contributed by atoms with Crippen molar-refractivity contribution in [1.29, 1.82) is 0 Å². The minimum atomic E-state index is -4.35. The number of fused-ring (bicyclic) bond motifs is 1. The zero-order valence-electron chi connectivity index (χ0n) is 20.0. The van der Waals surface area contributed by atoms with Crippen LogP contribution < -0.4 is 4.74 Å². The molecule has 36 heavy (non-hydrogen) atoms. The van der Waals surface area contributed by atoms with Gasteiger partial charge in [0.25, 0.3) is 0 Å². The fraction of sp³-hybridized carbons (Fsp3) is 0.250. The monoisotopic (exact) mass is 490 g/mol. The second-order valence-corrected chi connectivity index (χ2v) is 8.84. The first-order valence-corrected chi connectivity index (χ1v) is 11.7. The number of methoxy groups -OCH3 is 1. The van der Waals surface area contributed by atoms with Gasteiger partial charge in [0.15, 0.2) is 5.82 Å². The van der Waals surface area contributed by atoms with Gasteiger partial charge in [-0.1, -0.05) is 30.3 Å². The molecule has 0 bridgehead atoms. The van der Waals surface area contributed by atoms with Crippen LogP contribution in [0, 0.1) is 6.92 Å². The Hall–Kier alpha value is -3.94. The highest BCUT2D eigenvalue weighted by Crippen LogP contribution is 2.35. The summed E-state index contributed by atoms with van der Waals surface area (Å²) in [5.74, 6) is 2.01. The molecule has 1 unspecified atom stereocenters. The van der Waals surface area contributed by atoms with E-state index in [0.717, 1.165) is 71.0 Å². The molecule has 1 aliphatic heterocycles. The van der Waals surface area contributed by atoms with E-state index in [0.29, 0.717) is 5.82 Å². The summed E-state index contributed by atoms with van der Waals surface area (Å²) in [4.78, 5) is 8.97. The number of nitrogens with zero attached hydrogens (tertiary/aromatic N) is 4. The van der Waals surface area contributed by atoms with Crippen LogP contribution in [-0.2, 0) is 12.7 Å². The second-order valence-electron chi connectivity index (χ2n) is 8.84. The van der Waals surface area contributed by atoms with Gasteiger partial charge in [-0.2, -0.15) is 18.3 Å². The van der Waals surface area contributed by atoms with Crippen LogP contribution >= 0.6 is 0 Å². The average molecular weight is 491 g/mol. The first-order valence-electron chi connectivity index (χ1n) is 11.7. The highest BCUT2D eigenvalue weighted by Gasteiger charge is 2.31. The zero-order chi connectivity index (χ0) is 25.3. The Morgan fingerprint density at radius 2 is 1.83 bits per heavy atom. The minimum absolute atomic E-state index is 0.0844. The highest BCUT2D eigenvalue weighted by molar-refractivity contribution is 5.75. The zero-order valence-corrected chi connectivity index (χ0v) is 20.0. The molecule has 0 fully saturated rings. The van der Waals surface area contributed by atoms with Crippen molar-refractivity contribution in [3.05, 3.63) is 94.8 Å². The predicted octanol–water partition coefficient (Wildman–Crippen LogP) is 6.77. The van der Waals surface area contributed by atoms with Gasteiger partial charge >= 0.3 is 6.18 Å². The van der Waals surface area contributed by atoms with Crippen LogP contribution in [0.15, 0.2) is 60.8 Å². The van der Waals surface area contributed by atoms with E-state index in [1.807, 2.05) is 54.1 Å². The van der Waals surface area contributed by atoms with Crippen LogP contribution in [0.1, 0.15) is 52.8 Å². The number of hydrogen-bond acceptors (Lipinski definition) is 4. The molecule has 1 atom stereocenters. The molecular weight excluding hydrogens is 465 g/mol. The summed E-state index contributed by atoms with van der Waals surface area (Å²) in [5, 5.41) is 4.62. The Morgan fingerprint density at radius 1 is 1.03 bits per heavy atom. The highest BCUT2D eigenvalue weighted by atomic mass is 19.4. The molecule has 184 valence electrons. The van der Waals surface area contributed by atoms with Crippen LogP contribution in [0.25, 0.3) is 23.3 Å². The van der Waals surface area contributed by atoms with Crippen LogP contribution in [0.5, 0.6) is 5.75 Å². The van der Waals surface area contributed by atoms with Gasteiger partial charge in [-0.05, 0) is 72.9 Å². The molecule has 0 radical (unpaired) electrons. The lowest BCUT2D eigenvalue weighted by atomic mass is 9.90. The van der Waals surface area contributed by atoms with E-state index in [1.54, 1.807) is 25.4 Å². The number of aromatic nitrogens is 4. The van der Waals surface area contributed by atoms with Gasteiger partial charge < -0.3 is 4.74 Å². The summed E-state index contributed by atoms with van der Waals surface area (Å²) in [6.45, 7) is 2.69. The number of pyridine rings is 1. The third-order valence-electron chi connectivity index (χ3n) is 6.39. The molecule has 0 saturated heterocycles. The van der Waals surface area contributed by atoms with E-state index < -0.39 is 11.7 Å². The molecule has 5 rings (SSSR count). The number of aryl methyl sites for hydroxylation is 2. The maximum absolute atomic E-state index is 13.0.